The van der Waals surface area contributed by atoms with Crippen molar-refractivity contribution in [3.63, 3.8) is 0 Å². The summed E-state index contributed by atoms with van der Waals surface area (Å²) in [4.78, 5) is 52.8. The van der Waals surface area contributed by atoms with Crippen molar-refractivity contribution in [2.75, 3.05) is 18.1 Å². The first kappa shape index (κ1) is 29.8. The number of esters is 1. The molecule has 4 aromatic rings. The van der Waals surface area contributed by atoms with E-state index in [0.29, 0.717) is 5.39 Å². The first-order chi connectivity index (χ1) is 19.0. The molecule has 9 nitrogen and oxygen atoms in total. The molecule has 5 rings (SSSR count). The van der Waals surface area contributed by atoms with Gasteiger partial charge in [-0.1, -0.05) is 36.4 Å². The van der Waals surface area contributed by atoms with Crippen molar-refractivity contribution < 1.29 is 42.1 Å². The summed E-state index contributed by atoms with van der Waals surface area (Å²) in [5.41, 5.74) is -1.82. The molecule has 0 saturated carbocycles. The van der Waals surface area contributed by atoms with Gasteiger partial charge in [0.25, 0.3) is 5.56 Å². The number of benzene rings is 3. The van der Waals surface area contributed by atoms with Crippen LogP contribution < -0.4 is 10.5 Å². The Hall–Kier alpha value is -4.13. The zero-order chi connectivity index (χ0) is 28.6. The quantitative estimate of drug-likeness (QED) is 0.257. The number of halogens is 3. The summed E-state index contributed by atoms with van der Waals surface area (Å²) in [5.74, 6) is -2.19. The number of hydrogen-bond donors (Lipinski definition) is 2. The van der Waals surface area contributed by atoms with Gasteiger partial charge >= 0.3 is 53.8 Å². The maximum absolute atomic E-state index is 13.5. The van der Waals surface area contributed by atoms with Crippen LogP contribution in [0.4, 0.5) is 23.7 Å². The molecule has 1 aliphatic rings. The number of carboxylic acid groups (broad SMARTS) is 1. The molecule has 1 saturated heterocycles. The molecule has 1 aromatic heterocycles. The minimum absolute atomic E-state index is 0. The van der Waals surface area contributed by atoms with E-state index in [4.69, 9.17) is 9.47 Å². The van der Waals surface area contributed by atoms with E-state index in [-0.39, 0.29) is 76.2 Å². The third-order valence-electron chi connectivity index (χ3n) is 6.32. The second kappa shape index (κ2) is 11.8. The Morgan fingerprint density at radius 1 is 1.00 bits per heavy atom. The molecule has 2 N–H and O–H groups in total. The summed E-state index contributed by atoms with van der Waals surface area (Å²) in [5, 5.41) is 9.74. The number of nitrogens with one attached hydrogen (secondary N) is 1. The monoisotopic (exact) mass is 576 g/mol. The van der Waals surface area contributed by atoms with E-state index < -0.39 is 41.4 Å². The fraction of sp³-hybridized carbons (Fsp3) is 0.143. The van der Waals surface area contributed by atoms with Crippen molar-refractivity contribution in [2.45, 2.75) is 12.3 Å². The van der Waals surface area contributed by atoms with Crippen molar-refractivity contribution in [3.8, 4) is 11.3 Å². The van der Waals surface area contributed by atoms with Crippen LogP contribution in [0, 0.1) is 0 Å². The number of aromatic carboxylic acids is 1. The molecular weight excluding hydrogens is 556 g/mol. The first-order valence-electron chi connectivity index (χ1n) is 11.8. The number of carbonyl (C=O) groups excluding carboxylic acids is 2. The summed E-state index contributed by atoms with van der Waals surface area (Å²) < 4.78 is 50.9. The topological polar surface area (TPSA) is 126 Å². The molecule has 0 bridgehead atoms. The van der Waals surface area contributed by atoms with E-state index in [1.165, 1.54) is 71.6 Å². The van der Waals surface area contributed by atoms with E-state index in [1.54, 1.807) is 0 Å². The van der Waals surface area contributed by atoms with E-state index in [1.807, 2.05) is 0 Å². The number of cyclic esters (lactones) is 1. The van der Waals surface area contributed by atoms with Crippen molar-refractivity contribution in [1.82, 2.24) is 4.98 Å². The summed E-state index contributed by atoms with van der Waals surface area (Å²) in [6, 6.07) is 16.3. The molecule has 0 spiro atoms. The number of ether oxygens (including phenoxy) is 2. The molecule has 13 heteroatoms. The number of amides is 1. The average Bonchev–Trinajstić information content (AvgIpc) is 3.31. The van der Waals surface area contributed by atoms with Crippen LogP contribution in [0.15, 0.2) is 77.6 Å². The number of pyridine rings is 1. The van der Waals surface area contributed by atoms with Gasteiger partial charge in [0.2, 0.25) is 0 Å². The number of anilines is 1. The maximum atomic E-state index is 13.5. The van der Waals surface area contributed by atoms with Gasteiger partial charge < -0.3 is 19.6 Å². The fourth-order valence-electron chi connectivity index (χ4n) is 4.44. The number of rotatable bonds is 6. The van der Waals surface area contributed by atoms with Gasteiger partial charge in [0, 0.05) is 22.3 Å². The number of alkyl halides is 3. The molecule has 2 heterocycles. The molecule has 1 fully saturated rings. The van der Waals surface area contributed by atoms with Crippen molar-refractivity contribution >= 4 is 64.0 Å². The normalized spacial score (nSPS) is 14.9. The van der Waals surface area contributed by atoms with Crippen LogP contribution in [-0.2, 0) is 15.7 Å². The number of carboxylic acids is 1. The minimum atomic E-state index is -4.62. The van der Waals surface area contributed by atoms with Gasteiger partial charge in [-0.15, -0.1) is 0 Å². The van der Waals surface area contributed by atoms with Gasteiger partial charge in [-0.25, -0.2) is 14.4 Å². The molecule has 41 heavy (non-hydrogen) atoms. The van der Waals surface area contributed by atoms with Gasteiger partial charge in [-0.05, 0) is 41.8 Å². The molecule has 1 aliphatic heterocycles. The van der Waals surface area contributed by atoms with Crippen LogP contribution in [0.5, 0.6) is 0 Å². The van der Waals surface area contributed by atoms with E-state index >= 15 is 0 Å². The summed E-state index contributed by atoms with van der Waals surface area (Å²) in [6.07, 6.45) is -6.26. The third-order valence-corrected chi connectivity index (χ3v) is 6.32. The predicted octanol–water partition coefficient (Wildman–Crippen LogP) is 4.45. The number of fused-ring (bicyclic) bond motifs is 1. The average molecular weight is 576 g/mol. The summed E-state index contributed by atoms with van der Waals surface area (Å²) in [7, 11) is 0. The van der Waals surface area contributed by atoms with Crippen molar-refractivity contribution in [3.05, 3.63) is 99.8 Å². The van der Waals surface area contributed by atoms with E-state index in [2.05, 4.69) is 4.98 Å². The number of aromatic nitrogens is 1. The Balaban J connectivity index is 0.00000387. The molecule has 1 atom stereocenters. The van der Waals surface area contributed by atoms with Crippen LogP contribution in [0.1, 0.15) is 26.3 Å². The molecule has 0 aliphatic carbocycles. The third kappa shape index (κ3) is 6.14. The van der Waals surface area contributed by atoms with Crippen LogP contribution in [0.2, 0.25) is 0 Å². The fourth-order valence-corrected chi connectivity index (χ4v) is 4.44. The SMILES string of the molecule is O=C(O)c1ccccc1C(=O)OC[C@@H]1CN(c2ccc3cc(-c4ccccc4C(F)(F)F)[nH]c(=O)c3c2)C(=O)O1.[NaH]. The van der Waals surface area contributed by atoms with E-state index in [0.717, 1.165) is 6.07 Å². The number of nitrogens with zero attached hydrogens (tertiary/aromatic N) is 1. The Kier molecular flexibility index (Phi) is 8.57. The first-order valence-corrected chi connectivity index (χ1v) is 11.8. The standard InChI is InChI=1S/C28H19F3N2O7.Na.H/c29-28(30,31)22-8-4-3-7-20(22)23-11-15-9-10-16(12-21(15)24(34)32-23)33-13-17(40-27(33)38)14-39-26(37)19-6-2-1-5-18(19)25(35)36;;/h1-12,17H,13-14H2,(H,32,34)(H,35,36);;/t17-;;/m0../s1. The molecule has 0 unspecified atom stereocenters. The number of aromatic amines is 1. The summed E-state index contributed by atoms with van der Waals surface area (Å²) >= 11 is 0. The predicted molar refractivity (Wildman–Crippen MR) is 143 cm³/mol. The van der Waals surface area contributed by atoms with Gasteiger partial charge in [0.05, 0.1) is 23.2 Å². The van der Waals surface area contributed by atoms with Crippen molar-refractivity contribution in [1.29, 1.82) is 0 Å². The second-order valence-corrected chi connectivity index (χ2v) is 8.89. The molecule has 0 radical (unpaired) electrons. The Morgan fingerprint density at radius 2 is 1.68 bits per heavy atom. The molecular formula is C28H20F3N2NaO7. The van der Waals surface area contributed by atoms with Gasteiger partial charge in [0.15, 0.2) is 6.10 Å². The van der Waals surface area contributed by atoms with Crippen LogP contribution in [-0.4, -0.2) is 76.9 Å². The molecule has 3 aromatic carbocycles. The van der Waals surface area contributed by atoms with Crippen LogP contribution >= 0.6 is 0 Å². The van der Waals surface area contributed by atoms with Crippen molar-refractivity contribution in [2.24, 2.45) is 0 Å². The molecule has 1 amide bonds. The number of hydrogen-bond acceptors (Lipinski definition) is 6. The zero-order valence-corrected chi connectivity index (χ0v) is 20.4. The molecule has 206 valence electrons. The van der Waals surface area contributed by atoms with E-state index in [9.17, 15) is 37.5 Å². The second-order valence-electron chi connectivity index (χ2n) is 8.89. The van der Waals surface area contributed by atoms with Gasteiger partial charge in [-0.2, -0.15) is 13.2 Å². The van der Waals surface area contributed by atoms with Gasteiger partial charge in [0.1, 0.15) is 6.61 Å². The number of H-pyrrole nitrogens is 1. The zero-order valence-electron chi connectivity index (χ0n) is 20.4. The number of carbonyl (C=O) groups is 3. The Labute approximate surface area is 251 Å². The van der Waals surface area contributed by atoms with Crippen LogP contribution in [0.25, 0.3) is 22.0 Å². The van der Waals surface area contributed by atoms with Crippen LogP contribution in [0.3, 0.4) is 0 Å². The summed E-state index contributed by atoms with van der Waals surface area (Å²) in [6.45, 7) is -0.377. The Bertz CT molecular complexity index is 1720. The Morgan fingerprint density at radius 3 is 2.39 bits per heavy atom. The van der Waals surface area contributed by atoms with Gasteiger partial charge in [-0.3, -0.25) is 9.69 Å².